The van der Waals surface area contributed by atoms with Gasteiger partial charge in [0, 0.05) is 31.5 Å². The van der Waals surface area contributed by atoms with Gasteiger partial charge < -0.3 is 0 Å². The van der Waals surface area contributed by atoms with E-state index in [1.54, 1.807) is 22.7 Å². The van der Waals surface area contributed by atoms with Crippen LogP contribution in [0.15, 0.2) is 61.7 Å². The summed E-state index contributed by atoms with van der Waals surface area (Å²) in [6.45, 7) is 0. The summed E-state index contributed by atoms with van der Waals surface area (Å²) in [7, 11) is 0. The molecule has 0 spiro atoms. The van der Waals surface area contributed by atoms with Gasteiger partial charge >= 0.3 is 0 Å². The molecular formula is C16H8N2S5. The molecular weight excluding hydrogens is 381 g/mol. The fraction of sp³-hybridized carbons (Fsp3) is 0. The maximum Gasteiger partial charge on any atom is 0.106 e. The molecule has 4 aromatic rings. The van der Waals surface area contributed by atoms with E-state index < -0.39 is 0 Å². The van der Waals surface area contributed by atoms with Crippen LogP contribution in [-0.4, -0.2) is 0 Å². The van der Waals surface area contributed by atoms with E-state index in [0.717, 1.165) is 5.69 Å². The highest BCUT2D eigenvalue weighted by atomic mass is 32.2. The zero-order valence-electron chi connectivity index (χ0n) is 11.6. The first-order valence-electron chi connectivity index (χ1n) is 6.82. The molecule has 0 aromatic carbocycles. The second-order valence-corrected chi connectivity index (χ2v) is 9.64. The molecule has 0 bridgehead atoms. The number of fused-ring (bicyclic) bond motifs is 3. The van der Waals surface area contributed by atoms with Gasteiger partial charge in [-0.15, -0.1) is 55.0 Å². The summed E-state index contributed by atoms with van der Waals surface area (Å²) >= 11 is 8.68. The second-order valence-electron chi connectivity index (χ2n) is 4.86. The van der Waals surface area contributed by atoms with E-state index in [9.17, 15) is 0 Å². The van der Waals surface area contributed by atoms with Crippen LogP contribution in [0.2, 0.25) is 0 Å². The van der Waals surface area contributed by atoms with Gasteiger partial charge in [-0.05, 0) is 35.0 Å². The van der Waals surface area contributed by atoms with Crippen molar-refractivity contribution in [3.8, 4) is 29.3 Å². The molecule has 7 heteroatoms. The Morgan fingerprint density at radius 3 is 2.13 bits per heavy atom. The van der Waals surface area contributed by atoms with E-state index in [1.807, 2.05) is 22.7 Å². The SMILES string of the molecule is c1csc(-c2cc3c(s2)-c2sc(-c4cccs4)cc2SN=N3)c1. The predicted molar refractivity (Wildman–Crippen MR) is 105 cm³/mol. The van der Waals surface area contributed by atoms with Crippen LogP contribution in [0.1, 0.15) is 0 Å². The summed E-state index contributed by atoms with van der Waals surface area (Å²) in [6, 6.07) is 12.9. The highest BCUT2D eigenvalue weighted by molar-refractivity contribution is 7.98. The van der Waals surface area contributed by atoms with Crippen molar-refractivity contribution in [1.82, 2.24) is 0 Å². The van der Waals surface area contributed by atoms with Crippen molar-refractivity contribution in [3.05, 3.63) is 47.2 Å². The number of thiophene rings is 4. The number of hydrogen-bond donors (Lipinski definition) is 0. The fourth-order valence-corrected chi connectivity index (χ4v) is 7.30. The first kappa shape index (κ1) is 14.1. The molecule has 1 aliphatic heterocycles. The van der Waals surface area contributed by atoms with Gasteiger partial charge in [-0.25, -0.2) is 0 Å². The molecule has 0 N–H and O–H groups in total. The average Bonchev–Trinajstić information content (AvgIpc) is 3.34. The minimum Gasteiger partial charge on any atom is -0.143 e. The van der Waals surface area contributed by atoms with Crippen LogP contribution in [-0.2, 0) is 0 Å². The zero-order chi connectivity index (χ0) is 15.2. The standard InChI is InChI=1S/C16H8N2S5/c1-3-10(19-5-1)12-7-9-15(21-12)16-14(23-18-17-9)8-13(22-16)11-4-2-6-20-11/h1-8H. The van der Waals surface area contributed by atoms with Gasteiger partial charge in [0.25, 0.3) is 0 Å². The Hall–Kier alpha value is -1.25. The van der Waals surface area contributed by atoms with Gasteiger partial charge in [-0.2, -0.15) is 0 Å². The Morgan fingerprint density at radius 2 is 1.43 bits per heavy atom. The van der Waals surface area contributed by atoms with E-state index in [0.29, 0.717) is 0 Å². The number of nitrogens with zero attached hydrogens (tertiary/aromatic N) is 2. The lowest BCUT2D eigenvalue weighted by Gasteiger charge is -1.94. The van der Waals surface area contributed by atoms with E-state index >= 15 is 0 Å². The fourth-order valence-electron chi connectivity index (χ4n) is 2.41. The summed E-state index contributed by atoms with van der Waals surface area (Å²) in [4.78, 5) is 8.94. The van der Waals surface area contributed by atoms with Crippen molar-refractivity contribution in [1.29, 1.82) is 0 Å². The minimum atomic E-state index is 0.990. The van der Waals surface area contributed by atoms with Crippen molar-refractivity contribution in [3.63, 3.8) is 0 Å². The molecule has 0 atom stereocenters. The molecule has 23 heavy (non-hydrogen) atoms. The molecule has 0 unspecified atom stereocenters. The lowest BCUT2D eigenvalue weighted by Crippen LogP contribution is -1.64. The Labute approximate surface area is 153 Å². The van der Waals surface area contributed by atoms with Crippen molar-refractivity contribution in [2.24, 2.45) is 9.63 Å². The largest absolute Gasteiger partial charge is 0.143 e. The summed E-state index contributed by atoms with van der Waals surface area (Å²) < 4.78 is 4.30. The third-order valence-corrected chi connectivity index (χ3v) is 8.80. The summed E-state index contributed by atoms with van der Waals surface area (Å²) in [5.41, 5.74) is 0.990. The molecule has 0 saturated carbocycles. The average molecular weight is 389 g/mol. The van der Waals surface area contributed by atoms with Crippen molar-refractivity contribution >= 4 is 63.0 Å². The number of rotatable bonds is 2. The van der Waals surface area contributed by atoms with Crippen LogP contribution in [0, 0.1) is 0 Å². The lowest BCUT2D eigenvalue weighted by atomic mass is 10.3. The third-order valence-electron chi connectivity index (χ3n) is 3.43. The van der Waals surface area contributed by atoms with Crippen LogP contribution in [0.5, 0.6) is 0 Å². The molecule has 5 rings (SSSR count). The highest BCUT2D eigenvalue weighted by Gasteiger charge is 2.22. The van der Waals surface area contributed by atoms with Gasteiger partial charge in [0.1, 0.15) is 5.69 Å². The van der Waals surface area contributed by atoms with Crippen molar-refractivity contribution < 1.29 is 0 Å². The number of hydrogen-bond acceptors (Lipinski definition) is 7. The van der Waals surface area contributed by atoms with Crippen molar-refractivity contribution in [2.75, 3.05) is 0 Å². The Morgan fingerprint density at radius 1 is 0.739 bits per heavy atom. The maximum absolute atomic E-state index is 4.41. The summed E-state index contributed by atoms with van der Waals surface area (Å²) in [6.07, 6.45) is 0. The molecule has 112 valence electrons. The quantitative estimate of drug-likeness (QED) is 0.319. The topological polar surface area (TPSA) is 24.7 Å². The van der Waals surface area contributed by atoms with Crippen LogP contribution in [0.4, 0.5) is 5.69 Å². The molecule has 0 fully saturated rings. The first-order valence-corrected chi connectivity index (χ1v) is 11.0. The Kier molecular flexibility index (Phi) is 3.49. The molecule has 1 aliphatic rings. The smallest absolute Gasteiger partial charge is 0.106 e. The first-order chi connectivity index (χ1) is 11.4. The zero-order valence-corrected chi connectivity index (χ0v) is 15.6. The van der Waals surface area contributed by atoms with E-state index in [1.165, 1.54) is 46.1 Å². The van der Waals surface area contributed by atoms with Crippen LogP contribution < -0.4 is 0 Å². The van der Waals surface area contributed by atoms with Gasteiger partial charge in [-0.1, -0.05) is 12.1 Å². The van der Waals surface area contributed by atoms with E-state index in [4.69, 9.17) is 0 Å². The van der Waals surface area contributed by atoms with E-state index in [2.05, 4.69) is 56.8 Å². The van der Waals surface area contributed by atoms with Gasteiger partial charge in [-0.3, -0.25) is 0 Å². The van der Waals surface area contributed by atoms with Gasteiger partial charge in [0.05, 0.1) is 14.6 Å². The molecule has 0 aliphatic carbocycles. The lowest BCUT2D eigenvalue weighted by molar-refractivity contribution is 1.36. The van der Waals surface area contributed by atoms with Crippen LogP contribution in [0.25, 0.3) is 29.3 Å². The molecule has 2 nitrogen and oxygen atoms in total. The Balaban J connectivity index is 1.67. The minimum absolute atomic E-state index is 0.990. The van der Waals surface area contributed by atoms with Crippen LogP contribution >= 0.6 is 57.3 Å². The monoisotopic (exact) mass is 388 g/mol. The third kappa shape index (κ3) is 2.43. The normalized spacial score (nSPS) is 12.9. The summed E-state index contributed by atoms with van der Waals surface area (Å²) in [5.74, 6) is 0. The molecule has 0 radical (unpaired) electrons. The Bertz CT molecular complexity index is 990. The second kappa shape index (κ2) is 5.68. The molecule has 0 saturated heterocycles. The van der Waals surface area contributed by atoms with Crippen molar-refractivity contribution in [2.45, 2.75) is 4.90 Å². The van der Waals surface area contributed by atoms with Gasteiger partial charge in [0.2, 0.25) is 0 Å². The van der Waals surface area contributed by atoms with Crippen LogP contribution in [0.3, 0.4) is 0 Å². The maximum atomic E-state index is 4.41. The highest BCUT2D eigenvalue weighted by Crippen LogP contribution is 2.53. The molecule has 4 aromatic heterocycles. The van der Waals surface area contributed by atoms with Gasteiger partial charge in [0.15, 0.2) is 0 Å². The van der Waals surface area contributed by atoms with E-state index in [-0.39, 0.29) is 0 Å². The molecule has 5 heterocycles. The molecule has 0 amide bonds. The summed E-state index contributed by atoms with van der Waals surface area (Å²) in [5, 5.41) is 8.65. The predicted octanol–water partition coefficient (Wildman–Crippen LogP) is 8.04.